The van der Waals surface area contributed by atoms with Crippen molar-refractivity contribution in [3.8, 4) is 157 Å². The van der Waals surface area contributed by atoms with Crippen LogP contribution in [0.5, 0.6) is 0 Å². The van der Waals surface area contributed by atoms with Gasteiger partial charge in [-0.25, -0.2) is 32.0 Å². The number of aryl methyl sites for hydroxylation is 22. The highest BCUT2D eigenvalue weighted by Gasteiger charge is 2.24. The fraction of sp³-hybridized carbons (Fsp3) is 0.156. The van der Waals surface area contributed by atoms with Gasteiger partial charge in [-0.2, -0.15) is 0 Å². The highest BCUT2D eigenvalue weighted by Crippen LogP contribution is 2.36. The van der Waals surface area contributed by atoms with Crippen molar-refractivity contribution in [3.63, 3.8) is 0 Å². The number of nitrogens with zero attached hydrogens (tertiary/aromatic N) is 7. The van der Waals surface area contributed by atoms with Gasteiger partial charge in [0.1, 0.15) is 49.3 Å². The van der Waals surface area contributed by atoms with Crippen LogP contribution in [0, 0.1) is 104 Å². The Morgan fingerprint density at radius 3 is 0.520 bits per heavy atom. The highest BCUT2D eigenvalue weighted by molar-refractivity contribution is 5.77. The number of pyridine rings is 7. The number of aromatic nitrogens is 7. The van der Waals surface area contributed by atoms with Crippen LogP contribution in [0.3, 0.4) is 0 Å². The van der Waals surface area contributed by atoms with Gasteiger partial charge in [0.05, 0.1) is 0 Å². The van der Waals surface area contributed by atoms with Gasteiger partial charge in [-0.15, -0.1) is 0 Å². The molecule has 0 amide bonds. The number of benzene rings is 14. The Bertz CT molecular complexity index is 8280. The molecular weight excluding hydrogens is 1790 g/mol. The van der Waals surface area contributed by atoms with Crippen LogP contribution in [0.2, 0.25) is 0 Å². The van der Waals surface area contributed by atoms with Crippen LogP contribution in [0.15, 0.2) is 462 Å². The average molecular weight is 1940 g/mol. The van der Waals surface area contributed by atoms with Gasteiger partial charge in [-0.05, 0) is 265 Å². The summed E-state index contributed by atoms with van der Waals surface area (Å²) in [5, 5.41) is 0. The monoisotopic (exact) mass is 1940 g/mol. The summed E-state index contributed by atoms with van der Waals surface area (Å²) in [6.45, 7) is 23.6. The Balaban J connectivity index is 0.000000134. The van der Waals surface area contributed by atoms with E-state index in [-0.39, 0.29) is 0 Å². The summed E-state index contributed by atoms with van der Waals surface area (Å²) in [6.07, 6.45) is 15.3. The third-order valence-corrected chi connectivity index (χ3v) is 27.6. The molecule has 0 fully saturated rings. The molecule has 7 heteroatoms. The quantitative estimate of drug-likeness (QED) is 0.0971. The smallest absolute Gasteiger partial charge is 0.200 e. The van der Waals surface area contributed by atoms with E-state index in [1.54, 1.807) is 24.3 Å². The lowest BCUT2D eigenvalue weighted by atomic mass is 9.97. The molecule has 0 aliphatic rings. The maximum absolute atomic E-state index is 7.57. The molecule has 0 aliphatic heterocycles. The number of rotatable bonds is 14. The number of hydrogen-bond acceptors (Lipinski definition) is 0. The molecule has 7 aromatic heterocycles. The third-order valence-electron chi connectivity index (χ3n) is 27.6. The van der Waals surface area contributed by atoms with Gasteiger partial charge >= 0.3 is 0 Å². The lowest BCUT2D eigenvalue weighted by Gasteiger charge is -2.10. The van der Waals surface area contributed by atoms with Crippen molar-refractivity contribution in [2.45, 2.75) is 104 Å². The molecule has 0 atom stereocenters. The van der Waals surface area contributed by atoms with Crippen LogP contribution in [0.1, 0.15) is 91.7 Å². The lowest BCUT2D eigenvalue weighted by Crippen LogP contribution is -2.31. The van der Waals surface area contributed by atoms with E-state index >= 15 is 0 Å². The molecule has 7 heterocycles. The Labute approximate surface area is 889 Å². The van der Waals surface area contributed by atoms with Crippen molar-refractivity contribution in [2.75, 3.05) is 0 Å². The van der Waals surface area contributed by atoms with Crippen LogP contribution < -0.4 is 32.0 Å². The standard InChI is InChI=1S/2C21H22N.4C20H20N.C19H18N/c2*1-15-10-11-19(16(2)12-15)21-13-17(3)20(14-22(21)4)18-8-6-5-7-9-18;2*1-15-9-7-8-12-18(15)20-13-16(2)19(14-21(20)3)17-10-5-4-6-11-17;2*1-15-9-11-19(16(2)13-15)20-12-10-18(14-21(20)3)17-7-5-4-6-8-17;1-15-8-6-7-11-18(15)19-13-12-17(14-20(19)2)16-9-4-3-5-10-16/h2*5-14H,1-4H3;4*4-14H,1-3H3;3-14H,1-2H3/q7*+1/i1D3;;;;1D3;;. The summed E-state index contributed by atoms with van der Waals surface area (Å²) in [5.41, 5.74) is 51.3. The first-order valence-electron chi connectivity index (χ1n) is 53.9. The summed E-state index contributed by atoms with van der Waals surface area (Å²) < 4.78 is 60.6. The molecule has 21 aromatic rings. The topological polar surface area (TPSA) is 27.2 Å². The zero-order chi connectivity index (χ0) is 110. The summed E-state index contributed by atoms with van der Waals surface area (Å²) >= 11 is 0. The molecule has 734 valence electrons. The fourth-order valence-electron chi connectivity index (χ4n) is 19.5. The van der Waals surface area contributed by atoms with E-state index in [2.05, 4.69) is 520 Å². The van der Waals surface area contributed by atoms with E-state index in [1.807, 2.05) is 88.6 Å². The van der Waals surface area contributed by atoms with Gasteiger partial charge in [0.2, 0.25) is 39.9 Å². The zero-order valence-electron chi connectivity index (χ0n) is 95.5. The van der Waals surface area contributed by atoms with Gasteiger partial charge in [0.15, 0.2) is 43.4 Å². The van der Waals surface area contributed by atoms with E-state index in [1.165, 1.54) is 190 Å². The molecule has 0 aliphatic carbocycles. The fourth-order valence-corrected chi connectivity index (χ4v) is 19.5. The molecule has 0 saturated heterocycles. The molecule has 14 aromatic carbocycles. The molecular formula is C141H142N7+7. The predicted molar refractivity (Wildman–Crippen MR) is 620 cm³/mol. The molecule has 0 bridgehead atoms. The zero-order valence-corrected chi connectivity index (χ0v) is 89.5. The van der Waals surface area contributed by atoms with Crippen molar-refractivity contribution in [1.82, 2.24) is 0 Å². The van der Waals surface area contributed by atoms with Gasteiger partial charge in [0.25, 0.3) is 0 Å². The first-order valence-corrected chi connectivity index (χ1v) is 50.9. The van der Waals surface area contributed by atoms with E-state index in [0.29, 0.717) is 11.1 Å². The van der Waals surface area contributed by atoms with Crippen LogP contribution in [0.25, 0.3) is 157 Å². The van der Waals surface area contributed by atoms with Gasteiger partial charge in [-0.1, -0.05) is 338 Å². The minimum atomic E-state index is -2.07. The Morgan fingerprint density at radius 1 is 0.128 bits per heavy atom. The number of hydrogen-bond donors (Lipinski definition) is 0. The average Bonchev–Trinajstić information content (AvgIpc) is 0.795. The second kappa shape index (κ2) is 49.6. The van der Waals surface area contributed by atoms with E-state index in [9.17, 15) is 0 Å². The summed E-state index contributed by atoms with van der Waals surface area (Å²) in [7, 11) is 14.6. The molecule has 0 radical (unpaired) electrons. The molecule has 21 rings (SSSR count). The maximum atomic E-state index is 7.57. The van der Waals surface area contributed by atoms with Crippen LogP contribution in [-0.4, -0.2) is 0 Å². The molecule has 148 heavy (non-hydrogen) atoms. The molecule has 0 spiro atoms. The summed E-state index contributed by atoms with van der Waals surface area (Å²) in [5.74, 6) is 0. The Kier molecular flexibility index (Phi) is 32.6. The second-order valence-corrected chi connectivity index (χ2v) is 38.9. The van der Waals surface area contributed by atoms with Gasteiger partial charge in [-0.3, -0.25) is 0 Å². The summed E-state index contributed by atoms with van der Waals surface area (Å²) in [4.78, 5) is 0. The second-order valence-electron chi connectivity index (χ2n) is 38.9. The molecule has 0 unspecified atom stereocenters. The summed E-state index contributed by atoms with van der Waals surface area (Å²) in [6, 6.07) is 145. The van der Waals surface area contributed by atoms with Crippen LogP contribution >= 0.6 is 0 Å². The first kappa shape index (κ1) is 97.2. The van der Waals surface area contributed by atoms with E-state index in [4.69, 9.17) is 8.22 Å². The molecule has 0 N–H and O–H groups in total. The van der Waals surface area contributed by atoms with Crippen LogP contribution in [0.4, 0.5) is 0 Å². The van der Waals surface area contributed by atoms with Gasteiger partial charge in [0, 0.05) is 129 Å². The minimum Gasteiger partial charge on any atom is -0.200 e. The predicted octanol–water partition coefficient (Wildman–Crippen LogP) is 31.5. The maximum Gasteiger partial charge on any atom is 0.212 e. The van der Waals surface area contributed by atoms with Gasteiger partial charge < -0.3 is 0 Å². The van der Waals surface area contributed by atoms with Crippen molar-refractivity contribution in [2.24, 2.45) is 49.3 Å². The highest BCUT2D eigenvalue weighted by atomic mass is 15.0. The third kappa shape index (κ3) is 26.4. The van der Waals surface area contributed by atoms with Crippen LogP contribution in [-0.2, 0) is 49.3 Å². The minimum absolute atomic E-state index is 0.382. The largest absolute Gasteiger partial charge is 0.212 e. The molecule has 7 nitrogen and oxygen atoms in total. The SMILES string of the molecule is Cc1cc(-c2ccccc2C)[n+](C)cc1-c1ccccc1.Cc1cc(-c2ccccc2C)[n+](C)cc1-c1ccccc1.Cc1ccc(-c2cc(C)c(-c3ccccc3)c[n+]2C)c(C)c1.Cc1ccc(-c2ccc(-c3ccccc3)c[n+]2C)c(C)c1.Cc1ccccc1-c1ccc(-c2ccccc2)c[n+]1C.[2H]C([2H])([2H])c1ccc(-c2cc(C)c(-c3ccccc3)c[n+]2C)c(C)c1.[2H]C([2H])([2H])c1ccc(-c2ccc(-c3ccccc3)c[n+]2C)c(C)c1. The molecule has 0 saturated carbocycles. The van der Waals surface area contributed by atoms with Crippen molar-refractivity contribution >= 4 is 0 Å². The Morgan fingerprint density at radius 2 is 0.304 bits per heavy atom. The lowest BCUT2D eigenvalue weighted by molar-refractivity contribution is -0.660. The van der Waals surface area contributed by atoms with Crippen molar-refractivity contribution in [3.05, 3.63) is 545 Å². The van der Waals surface area contributed by atoms with E-state index < -0.39 is 13.7 Å². The van der Waals surface area contributed by atoms with Crippen molar-refractivity contribution in [1.29, 1.82) is 0 Å². The Hall–Kier alpha value is -16.9. The van der Waals surface area contributed by atoms with Crippen molar-refractivity contribution < 1.29 is 40.2 Å². The van der Waals surface area contributed by atoms with E-state index in [0.717, 1.165) is 39.2 Å². The normalized spacial score (nSPS) is 11.4. The first-order chi connectivity index (χ1) is 73.9.